The van der Waals surface area contributed by atoms with Crippen molar-refractivity contribution < 1.29 is 89.1 Å². The van der Waals surface area contributed by atoms with Crippen molar-refractivity contribution >= 4 is 11.7 Å². The van der Waals surface area contributed by atoms with Gasteiger partial charge in [0.25, 0.3) is 0 Å². The molecule has 3 aliphatic heterocycles. The van der Waals surface area contributed by atoms with Crippen LogP contribution in [0.4, 0.5) is 0 Å². The molecule has 344 valence electrons. The molecule has 4 heterocycles. The van der Waals surface area contributed by atoms with E-state index in [0.717, 1.165) is 12.8 Å². The van der Waals surface area contributed by atoms with Crippen LogP contribution in [0.15, 0.2) is 30.5 Å². The van der Waals surface area contributed by atoms with Gasteiger partial charge in [0.1, 0.15) is 84.7 Å². The van der Waals surface area contributed by atoms with Crippen molar-refractivity contribution in [1.29, 1.82) is 0 Å². The number of nitrogens with two attached hydrogens (primary N) is 1. The van der Waals surface area contributed by atoms with Crippen LogP contribution in [-0.2, 0) is 51.0 Å². The van der Waals surface area contributed by atoms with Gasteiger partial charge in [-0.2, -0.15) is 0 Å². The Hall–Kier alpha value is -3.22. The molecule has 14 N–H and O–H groups in total. The van der Waals surface area contributed by atoms with Crippen LogP contribution in [-0.4, -0.2) is 209 Å². The van der Waals surface area contributed by atoms with E-state index in [2.05, 4.69) is 21.2 Å². The van der Waals surface area contributed by atoms with Gasteiger partial charge in [-0.15, -0.1) is 5.10 Å². The number of ether oxygens (including phenoxy) is 6. The maximum Gasteiger partial charge on any atom is 0.238 e. The van der Waals surface area contributed by atoms with E-state index < -0.39 is 118 Å². The van der Waals surface area contributed by atoms with E-state index in [1.54, 1.807) is 30.5 Å². The zero-order valence-electron chi connectivity index (χ0n) is 33.4. The second-order valence-corrected chi connectivity index (χ2v) is 15.1. The standard InChI is InChI=1S/C37H58N6O18/c1-17(46)20(4-2-3-9-38)39-41-25(47)12-18-5-7-19(8-6-18)21-13-43(42-40-21)10-11-56-36-33(55)34(61-37-32(54)30(52)27(49)23(15-45)59-37)28(50)24(60-36)16-57-35-31(53)29(51)26(48)22(14-44)58-35/h5-8,13,20,22-24,26-37,39,44-45,48-55H,2-4,9-12,14-16,38H2,1H3,(H,41,47)/t20-,22+,23+,24+,26+,27+,28+,29-,30-,31-,32-,33-,34-,35-,36-,37+/m0/s1. The molecular formula is C37H58N6O18. The molecule has 3 aliphatic rings. The van der Waals surface area contributed by atoms with E-state index in [4.69, 9.17) is 34.2 Å². The Kier molecular flexibility index (Phi) is 18.3. The molecule has 0 bridgehead atoms. The first-order valence-electron chi connectivity index (χ1n) is 19.9. The average Bonchev–Trinajstić information content (AvgIpc) is 3.72. The molecule has 1 aromatic carbocycles. The van der Waals surface area contributed by atoms with Crippen molar-refractivity contribution in [2.45, 2.75) is 137 Å². The Labute approximate surface area is 349 Å². The lowest BCUT2D eigenvalue weighted by molar-refractivity contribution is -0.366. The number of carbonyl (C=O) groups is 2. The molecule has 0 radical (unpaired) electrons. The minimum Gasteiger partial charge on any atom is -0.394 e. The highest BCUT2D eigenvalue weighted by Crippen LogP contribution is 2.31. The number of nitrogens with zero attached hydrogens (tertiary/aromatic N) is 3. The lowest BCUT2D eigenvalue weighted by Gasteiger charge is -2.46. The molecule has 5 rings (SSSR count). The van der Waals surface area contributed by atoms with Gasteiger partial charge < -0.3 is 85.2 Å². The number of benzene rings is 1. The monoisotopic (exact) mass is 874 g/mol. The predicted molar refractivity (Wildman–Crippen MR) is 203 cm³/mol. The molecule has 0 unspecified atom stereocenters. The van der Waals surface area contributed by atoms with Crippen molar-refractivity contribution in [3.05, 3.63) is 36.0 Å². The smallest absolute Gasteiger partial charge is 0.238 e. The first-order chi connectivity index (χ1) is 29.2. The number of hydrogen-bond acceptors (Lipinski definition) is 22. The molecule has 0 spiro atoms. The molecule has 16 atom stereocenters. The third-order valence-electron chi connectivity index (χ3n) is 10.6. The van der Waals surface area contributed by atoms with Gasteiger partial charge in [-0.3, -0.25) is 15.0 Å². The van der Waals surface area contributed by atoms with Gasteiger partial charge >= 0.3 is 0 Å². The van der Waals surface area contributed by atoms with Crippen molar-refractivity contribution in [2.24, 2.45) is 5.73 Å². The minimum absolute atomic E-state index is 0.0476. The van der Waals surface area contributed by atoms with E-state index in [1.165, 1.54) is 11.6 Å². The Morgan fingerprint density at radius 1 is 0.787 bits per heavy atom. The summed E-state index contributed by atoms with van der Waals surface area (Å²) in [6.45, 7) is -0.274. The first kappa shape index (κ1) is 48.8. The normalized spacial score (nSPS) is 34.9. The summed E-state index contributed by atoms with van der Waals surface area (Å²) in [5.74, 6) is -0.425. The summed E-state index contributed by atoms with van der Waals surface area (Å²) in [6, 6.07) is 6.49. The molecule has 3 fully saturated rings. The lowest BCUT2D eigenvalue weighted by Crippen LogP contribution is -2.65. The fourth-order valence-electron chi connectivity index (χ4n) is 6.93. The van der Waals surface area contributed by atoms with E-state index in [1.807, 2.05) is 0 Å². The van der Waals surface area contributed by atoms with Gasteiger partial charge in [-0.25, -0.2) is 10.1 Å². The number of aromatic nitrogens is 3. The van der Waals surface area contributed by atoms with Crippen LogP contribution in [0.25, 0.3) is 11.3 Å². The van der Waals surface area contributed by atoms with Gasteiger partial charge in [0.15, 0.2) is 18.9 Å². The summed E-state index contributed by atoms with van der Waals surface area (Å²) >= 11 is 0. The van der Waals surface area contributed by atoms with Crippen LogP contribution < -0.4 is 16.6 Å². The topological polar surface area (TPSA) is 373 Å². The molecule has 61 heavy (non-hydrogen) atoms. The molecule has 1 amide bonds. The quantitative estimate of drug-likeness (QED) is 0.0410. The Morgan fingerprint density at radius 3 is 2.02 bits per heavy atom. The number of unbranched alkanes of at least 4 members (excludes halogenated alkanes) is 1. The molecule has 3 saturated heterocycles. The van der Waals surface area contributed by atoms with Crippen LogP contribution in [0, 0.1) is 0 Å². The number of hydrogen-bond donors (Lipinski definition) is 13. The zero-order chi connectivity index (χ0) is 44.4. The number of ketones is 1. The summed E-state index contributed by atoms with van der Waals surface area (Å²) in [5.41, 5.74) is 12.8. The van der Waals surface area contributed by atoms with Gasteiger partial charge in [0, 0.05) is 5.56 Å². The highest BCUT2D eigenvalue weighted by Gasteiger charge is 2.52. The number of nitrogens with one attached hydrogen (secondary N) is 2. The fourth-order valence-corrected chi connectivity index (χ4v) is 6.93. The maximum atomic E-state index is 12.5. The molecule has 0 saturated carbocycles. The summed E-state index contributed by atoms with van der Waals surface area (Å²) in [7, 11) is 0. The lowest BCUT2D eigenvalue weighted by atomic mass is 9.96. The molecule has 0 aliphatic carbocycles. The Morgan fingerprint density at radius 2 is 1.39 bits per heavy atom. The van der Waals surface area contributed by atoms with Crippen molar-refractivity contribution in [1.82, 2.24) is 25.8 Å². The van der Waals surface area contributed by atoms with Crippen LogP contribution in [0.3, 0.4) is 0 Å². The summed E-state index contributed by atoms with van der Waals surface area (Å²) in [6.07, 6.45) is -21.3. The van der Waals surface area contributed by atoms with Gasteiger partial charge in [0.05, 0.1) is 51.6 Å². The van der Waals surface area contributed by atoms with Gasteiger partial charge in [-0.1, -0.05) is 35.9 Å². The summed E-state index contributed by atoms with van der Waals surface area (Å²) in [5, 5.41) is 112. The molecule has 1 aromatic heterocycles. The van der Waals surface area contributed by atoms with E-state index in [9.17, 15) is 60.7 Å². The number of rotatable bonds is 21. The van der Waals surface area contributed by atoms with Crippen LogP contribution in [0.1, 0.15) is 31.7 Å². The molecule has 24 nitrogen and oxygen atoms in total. The highest BCUT2D eigenvalue weighted by molar-refractivity contribution is 5.83. The van der Waals surface area contributed by atoms with Crippen LogP contribution in [0.2, 0.25) is 0 Å². The SMILES string of the molecule is CC(=O)[C@H](CCCCN)NNC(=O)Cc1ccc(-c2cn(CCO[C@H]3O[C@H](CO[C@H]4O[C@H](CO)[C@@H](O)[C@H](O)[C@@H]4O)[C@@H](O)[C@H](O[C@H]4O[C@H](CO)[C@@H](O)[C@H](O)[C@@H]4O)[C@@H]3O)nn2)cc1. The number of Topliss-reactive ketones (excluding diaryl/α,β-unsaturated/α-hetero) is 1. The zero-order valence-corrected chi connectivity index (χ0v) is 33.4. The average molecular weight is 875 g/mol. The van der Waals surface area contributed by atoms with Crippen molar-refractivity contribution in [3.8, 4) is 11.3 Å². The van der Waals surface area contributed by atoms with E-state index in [-0.39, 0.29) is 31.3 Å². The van der Waals surface area contributed by atoms with Crippen LogP contribution >= 0.6 is 0 Å². The Bertz CT molecular complexity index is 1660. The minimum atomic E-state index is -1.90. The second kappa shape index (κ2) is 22.9. The van der Waals surface area contributed by atoms with Gasteiger partial charge in [0.2, 0.25) is 5.91 Å². The maximum absolute atomic E-state index is 12.5. The first-order valence-corrected chi connectivity index (χ1v) is 19.9. The molecule has 24 heteroatoms. The number of amides is 1. The number of aliphatic hydroxyl groups is 10. The Balaban J connectivity index is 1.19. The van der Waals surface area contributed by atoms with Crippen molar-refractivity contribution in [2.75, 3.05) is 33.0 Å². The largest absolute Gasteiger partial charge is 0.394 e. The second-order valence-electron chi connectivity index (χ2n) is 15.1. The third-order valence-corrected chi connectivity index (χ3v) is 10.6. The number of carbonyl (C=O) groups excluding carboxylic acids is 2. The number of hydrazine groups is 1. The summed E-state index contributed by atoms with van der Waals surface area (Å²) in [4.78, 5) is 24.5. The fraction of sp³-hybridized carbons (Fsp3) is 0.730. The van der Waals surface area contributed by atoms with Crippen LogP contribution in [0.5, 0.6) is 0 Å². The van der Waals surface area contributed by atoms with E-state index in [0.29, 0.717) is 29.8 Å². The third kappa shape index (κ3) is 12.5. The van der Waals surface area contributed by atoms with Crippen molar-refractivity contribution in [3.63, 3.8) is 0 Å². The predicted octanol–water partition coefficient (Wildman–Crippen LogP) is -6.34. The number of aliphatic hydroxyl groups excluding tert-OH is 10. The van der Waals surface area contributed by atoms with Gasteiger partial charge in [-0.05, 0) is 31.9 Å². The molecular weight excluding hydrogens is 816 g/mol. The van der Waals surface area contributed by atoms with E-state index >= 15 is 0 Å². The highest BCUT2D eigenvalue weighted by atomic mass is 16.7. The molecule has 2 aromatic rings. The summed E-state index contributed by atoms with van der Waals surface area (Å²) < 4.78 is 35.2.